The molecule has 0 fully saturated rings. The second-order valence-corrected chi connectivity index (χ2v) is 4.34. The van der Waals surface area contributed by atoms with Crippen molar-refractivity contribution in [3.05, 3.63) is 44.7 Å². The van der Waals surface area contributed by atoms with Gasteiger partial charge in [0.2, 0.25) is 0 Å². The molecule has 3 N–H and O–H groups in total. The molecule has 0 saturated carbocycles. The molecule has 0 saturated heterocycles. The Morgan fingerprint density at radius 1 is 1.38 bits per heavy atom. The van der Waals surface area contributed by atoms with Crippen LogP contribution in [-0.2, 0) is 0 Å². The fourth-order valence-corrected chi connectivity index (χ4v) is 1.73. The molecular weight excluding hydrogens is 270 g/mol. The number of halogens is 1. The van der Waals surface area contributed by atoms with Crippen molar-refractivity contribution < 1.29 is 0 Å². The first kappa shape index (κ1) is 10.9. The highest BCUT2D eigenvalue weighted by atomic mass is 79.9. The van der Waals surface area contributed by atoms with Gasteiger partial charge in [-0.25, -0.2) is 4.98 Å². The Hall–Kier alpha value is -1.62. The van der Waals surface area contributed by atoms with Crippen LogP contribution < -0.4 is 11.3 Å². The van der Waals surface area contributed by atoms with Crippen LogP contribution in [-0.4, -0.2) is 9.97 Å². The molecule has 0 atom stereocenters. The van der Waals surface area contributed by atoms with Gasteiger partial charge in [-0.1, -0.05) is 28.1 Å². The van der Waals surface area contributed by atoms with E-state index < -0.39 is 0 Å². The van der Waals surface area contributed by atoms with Crippen molar-refractivity contribution in [1.29, 1.82) is 0 Å². The molecule has 0 aliphatic carbocycles. The third-order valence-corrected chi connectivity index (χ3v) is 3.06. The molecule has 0 unspecified atom stereocenters. The number of nitrogen functional groups attached to an aromatic ring is 1. The van der Waals surface area contributed by atoms with Crippen LogP contribution in [0.3, 0.4) is 0 Å². The third kappa shape index (κ3) is 2.14. The predicted octanol–water partition coefficient (Wildman–Crippen LogP) is 2.09. The van der Waals surface area contributed by atoms with Crippen molar-refractivity contribution in [2.45, 2.75) is 6.92 Å². The molecule has 16 heavy (non-hydrogen) atoms. The topological polar surface area (TPSA) is 71.8 Å². The average Bonchev–Trinajstić information content (AvgIpc) is 2.20. The lowest BCUT2D eigenvalue weighted by Crippen LogP contribution is -2.09. The van der Waals surface area contributed by atoms with E-state index in [0.29, 0.717) is 5.82 Å². The zero-order chi connectivity index (χ0) is 11.7. The van der Waals surface area contributed by atoms with Crippen molar-refractivity contribution in [2.75, 3.05) is 5.73 Å². The summed E-state index contributed by atoms with van der Waals surface area (Å²) in [7, 11) is 0. The van der Waals surface area contributed by atoms with Crippen molar-refractivity contribution in [2.24, 2.45) is 0 Å². The minimum absolute atomic E-state index is 0.218. The highest BCUT2D eigenvalue weighted by Crippen LogP contribution is 2.22. The number of hydrogen-bond donors (Lipinski definition) is 2. The van der Waals surface area contributed by atoms with Gasteiger partial charge in [0.1, 0.15) is 11.6 Å². The van der Waals surface area contributed by atoms with Gasteiger partial charge < -0.3 is 10.7 Å². The zero-order valence-electron chi connectivity index (χ0n) is 8.62. The van der Waals surface area contributed by atoms with Gasteiger partial charge in [-0.3, -0.25) is 4.79 Å². The zero-order valence-corrected chi connectivity index (χ0v) is 10.2. The minimum atomic E-state index is -0.251. The van der Waals surface area contributed by atoms with Crippen LogP contribution in [0.25, 0.3) is 11.4 Å². The van der Waals surface area contributed by atoms with Gasteiger partial charge in [0.25, 0.3) is 5.56 Å². The van der Waals surface area contributed by atoms with Crippen molar-refractivity contribution in [3.63, 3.8) is 0 Å². The fourth-order valence-electron chi connectivity index (χ4n) is 1.35. The van der Waals surface area contributed by atoms with Gasteiger partial charge >= 0.3 is 0 Å². The number of H-pyrrole nitrogens is 1. The molecule has 4 nitrogen and oxygen atoms in total. The van der Waals surface area contributed by atoms with E-state index in [1.807, 2.05) is 25.1 Å². The number of hydrogen-bond acceptors (Lipinski definition) is 3. The summed E-state index contributed by atoms with van der Waals surface area (Å²) in [5.41, 5.74) is 7.21. The van der Waals surface area contributed by atoms with Crippen molar-refractivity contribution in [1.82, 2.24) is 9.97 Å². The SMILES string of the molecule is Cc1ccc(-c2nc(N)cc(=O)[nH]2)cc1Br. The van der Waals surface area contributed by atoms with E-state index in [1.54, 1.807) is 0 Å². The Morgan fingerprint density at radius 2 is 2.12 bits per heavy atom. The van der Waals surface area contributed by atoms with Gasteiger partial charge in [-0.05, 0) is 18.6 Å². The van der Waals surface area contributed by atoms with Gasteiger partial charge in [0, 0.05) is 16.1 Å². The Balaban J connectivity index is 2.58. The highest BCUT2D eigenvalue weighted by Gasteiger charge is 2.04. The molecule has 0 amide bonds. The van der Waals surface area contributed by atoms with Crippen molar-refractivity contribution >= 4 is 21.7 Å². The van der Waals surface area contributed by atoms with E-state index in [9.17, 15) is 4.79 Å². The number of aromatic nitrogens is 2. The standard InChI is InChI=1S/C11H10BrN3O/c1-6-2-3-7(4-8(6)12)11-14-9(13)5-10(16)15-11/h2-5H,1H3,(H3,13,14,15,16). The van der Waals surface area contributed by atoms with Crippen LogP contribution in [0, 0.1) is 6.92 Å². The molecule has 0 radical (unpaired) electrons. The molecule has 1 aromatic heterocycles. The fraction of sp³-hybridized carbons (Fsp3) is 0.0909. The molecule has 1 heterocycles. The molecule has 2 rings (SSSR count). The maximum absolute atomic E-state index is 11.2. The molecule has 0 aliphatic rings. The number of nitrogens with one attached hydrogen (secondary N) is 1. The predicted molar refractivity (Wildman–Crippen MR) is 67.1 cm³/mol. The van der Waals surface area contributed by atoms with E-state index in [2.05, 4.69) is 25.9 Å². The first-order chi connectivity index (χ1) is 7.56. The van der Waals surface area contributed by atoms with E-state index >= 15 is 0 Å². The first-order valence-corrected chi connectivity index (χ1v) is 5.49. The van der Waals surface area contributed by atoms with E-state index in [0.717, 1.165) is 15.6 Å². The van der Waals surface area contributed by atoms with Crippen LogP contribution in [0.15, 0.2) is 33.5 Å². The van der Waals surface area contributed by atoms with Crippen LogP contribution in [0.4, 0.5) is 5.82 Å². The Kier molecular flexibility index (Phi) is 2.78. The summed E-state index contributed by atoms with van der Waals surface area (Å²) in [5, 5.41) is 0. The summed E-state index contributed by atoms with van der Waals surface area (Å²) in [6.07, 6.45) is 0. The molecular formula is C11H10BrN3O. The highest BCUT2D eigenvalue weighted by molar-refractivity contribution is 9.10. The van der Waals surface area contributed by atoms with Crippen molar-refractivity contribution in [3.8, 4) is 11.4 Å². The van der Waals surface area contributed by atoms with E-state index in [4.69, 9.17) is 5.73 Å². The third-order valence-electron chi connectivity index (χ3n) is 2.21. The van der Waals surface area contributed by atoms with Gasteiger partial charge in [0.05, 0.1) is 0 Å². The van der Waals surface area contributed by atoms with Crippen LogP contribution in [0.1, 0.15) is 5.56 Å². The lowest BCUT2D eigenvalue weighted by atomic mass is 10.1. The van der Waals surface area contributed by atoms with E-state index in [-0.39, 0.29) is 11.4 Å². The van der Waals surface area contributed by atoms with Gasteiger partial charge in [-0.15, -0.1) is 0 Å². The summed E-state index contributed by atoms with van der Waals surface area (Å²) in [6, 6.07) is 6.99. The van der Waals surface area contributed by atoms with Crippen LogP contribution >= 0.6 is 15.9 Å². The maximum Gasteiger partial charge on any atom is 0.253 e. The number of nitrogens with two attached hydrogens (primary N) is 1. The second-order valence-electron chi connectivity index (χ2n) is 3.48. The van der Waals surface area contributed by atoms with Crippen LogP contribution in [0.2, 0.25) is 0 Å². The average molecular weight is 280 g/mol. The summed E-state index contributed by atoms with van der Waals surface area (Å²) in [6.45, 7) is 1.99. The number of nitrogens with zero attached hydrogens (tertiary/aromatic N) is 1. The normalized spacial score (nSPS) is 10.4. The Morgan fingerprint density at radius 3 is 2.75 bits per heavy atom. The molecule has 5 heteroatoms. The van der Waals surface area contributed by atoms with E-state index in [1.165, 1.54) is 6.07 Å². The largest absolute Gasteiger partial charge is 0.383 e. The maximum atomic E-state index is 11.2. The summed E-state index contributed by atoms with van der Waals surface area (Å²) < 4.78 is 0.968. The quantitative estimate of drug-likeness (QED) is 0.840. The molecule has 0 spiro atoms. The monoisotopic (exact) mass is 279 g/mol. The number of aromatic amines is 1. The van der Waals surface area contributed by atoms with Gasteiger partial charge in [-0.2, -0.15) is 0 Å². The molecule has 0 aliphatic heterocycles. The summed E-state index contributed by atoms with van der Waals surface area (Å²) >= 11 is 3.43. The Bertz CT molecular complexity index is 592. The molecule has 82 valence electrons. The van der Waals surface area contributed by atoms with Crippen LogP contribution in [0.5, 0.6) is 0 Å². The summed E-state index contributed by atoms with van der Waals surface area (Å²) in [5.74, 6) is 0.696. The smallest absolute Gasteiger partial charge is 0.253 e. The number of aryl methyl sites for hydroxylation is 1. The number of anilines is 1. The Labute approximate surface area is 101 Å². The lowest BCUT2D eigenvalue weighted by molar-refractivity contribution is 1.13. The molecule has 2 aromatic rings. The molecule has 0 bridgehead atoms. The van der Waals surface area contributed by atoms with Gasteiger partial charge in [0.15, 0.2) is 0 Å². The minimum Gasteiger partial charge on any atom is -0.383 e. The number of benzene rings is 1. The lowest BCUT2D eigenvalue weighted by Gasteiger charge is -2.04. The summed E-state index contributed by atoms with van der Waals surface area (Å²) in [4.78, 5) is 18.0. The molecule has 1 aromatic carbocycles. The second kappa shape index (κ2) is 4.09. The first-order valence-electron chi connectivity index (χ1n) is 4.69. The number of rotatable bonds is 1.